The van der Waals surface area contributed by atoms with Crippen LogP contribution in [0.15, 0.2) is 18.2 Å². The summed E-state index contributed by atoms with van der Waals surface area (Å²) in [7, 11) is 0. The molecule has 2 atom stereocenters. The van der Waals surface area contributed by atoms with Gasteiger partial charge in [0.25, 0.3) is 5.91 Å². The Morgan fingerprint density at radius 3 is 2.83 bits per heavy atom. The zero-order valence-corrected chi connectivity index (χ0v) is 18.0. The van der Waals surface area contributed by atoms with Crippen LogP contribution >= 0.6 is 11.3 Å². The van der Waals surface area contributed by atoms with Crippen LogP contribution in [0.4, 0.5) is 9.93 Å². The number of aromatic nitrogens is 1. The maximum Gasteiger partial charge on any atom is 0.325 e. The van der Waals surface area contributed by atoms with Crippen molar-refractivity contribution in [2.75, 3.05) is 11.9 Å². The van der Waals surface area contributed by atoms with Crippen LogP contribution in [0.3, 0.4) is 0 Å². The molecule has 1 saturated carbocycles. The Hall–Kier alpha value is -2.48. The Kier molecular flexibility index (Phi) is 4.64. The highest BCUT2D eigenvalue weighted by Crippen LogP contribution is 2.46. The Labute approximate surface area is 173 Å². The van der Waals surface area contributed by atoms with Gasteiger partial charge in [-0.25, -0.2) is 9.78 Å². The van der Waals surface area contributed by atoms with Gasteiger partial charge in [-0.05, 0) is 55.2 Å². The van der Waals surface area contributed by atoms with Gasteiger partial charge in [-0.3, -0.25) is 14.5 Å². The first-order valence-corrected chi connectivity index (χ1v) is 10.7. The van der Waals surface area contributed by atoms with Gasteiger partial charge >= 0.3 is 6.03 Å². The average Bonchev–Trinajstić information content (AvgIpc) is 3.06. The normalized spacial score (nSPS) is 26.2. The van der Waals surface area contributed by atoms with Crippen LogP contribution in [0.5, 0.6) is 0 Å². The van der Waals surface area contributed by atoms with Crippen molar-refractivity contribution in [2.24, 2.45) is 11.3 Å². The van der Waals surface area contributed by atoms with Crippen LogP contribution in [0.2, 0.25) is 0 Å². The largest absolute Gasteiger partial charge is 0.325 e. The SMILES string of the molecule is Cc1ccc2nc(NC(=O)CN3C(=O)NC4(CC(C)CC(C)(C)C4)C3=O)sc2c1. The molecule has 8 heteroatoms. The first-order valence-electron chi connectivity index (χ1n) is 9.88. The molecule has 2 N–H and O–H groups in total. The lowest BCUT2D eigenvalue weighted by molar-refractivity contribution is -0.136. The van der Waals surface area contributed by atoms with E-state index in [1.54, 1.807) is 0 Å². The summed E-state index contributed by atoms with van der Waals surface area (Å²) in [5, 5.41) is 6.09. The second kappa shape index (κ2) is 6.79. The van der Waals surface area contributed by atoms with Gasteiger partial charge in [-0.2, -0.15) is 0 Å². The van der Waals surface area contributed by atoms with Gasteiger partial charge in [-0.1, -0.05) is 38.2 Å². The Bertz CT molecular complexity index is 1010. The maximum atomic E-state index is 13.1. The van der Waals surface area contributed by atoms with E-state index in [1.807, 2.05) is 25.1 Å². The van der Waals surface area contributed by atoms with Gasteiger partial charge in [0.2, 0.25) is 5.91 Å². The lowest BCUT2D eigenvalue weighted by Gasteiger charge is -2.43. The predicted molar refractivity (Wildman–Crippen MR) is 113 cm³/mol. The Morgan fingerprint density at radius 2 is 2.10 bits per heavy atom. The van der Waals surface area contributed by atoms with Crippen LogP contribution in [0, 0.1) is 18.3 Å². The minimum absolute atomic E-state index is 0.0436. The number of thiazole rings is 1. The number of amides is 4. The fourth-order valence-corrected chi connectivity index (χ4v) is 6.02. The van der Waals surface area contributed by atoms with Crippen LogP contribution in [-0.2, 0) is 9.59 Å². The van der Waals surface area contributed by atoms with E-state index in [2.05, 4.69) is 36.4 Å². The highest BCUT2D eigenvalue weighted by molar-refractivity contribution is 7.22. The second-order valence-corrected chi connectivity index (χ2v) is 10.3. The maximum absolute atomic E-state index is 13.1. The number of nitrogens with one attached hydrogen (secondary N) is 2. The first kappa shape index (κ1) is 19.8. The molecule has 2 fully saturated rings. The molecule has 1 aliphatic carbocycles. The lowest BCUT2D eigenvalue weighted by atomic mass is 9.64. The number of urea groups is 1. The minimum atomic E-state index is -0.897. The number of carbonyl (C=O) groups is 3. The highest BCUT2D eigenvalue weighted by Gasteiger charge is 2.56. The third-order valence-corrected chi connectivity index (χ3v) is 6.65. The molecule has 1 spiro atoms. The quantitative estimate of drug-likeness (QED) is 0.750. The number of aryl methyl sites for hydroxylation is 1. The molecule has 4 amide bonds. The molecule has 29 heavy (non-hydrogen) atoms. The van der Waals surface area contributed by atoms with E-state index in [0.717, 1.165) is 27.1 Å². The highest BCUT2D eigenvalue weighted by atomic mass is 32.1. The third-order valence-electron chi connectivity index (χ3n) is 5.72. The fourth-order valence-electron chi connectivity index (χ4n) is 5.04. The van der Waals surface area contributed by atoms with E-state index in [1.165, 1.54) is 11.3 Å². The van der Waals surface area contributed by atoms with Gasteiger partial charge in [0, 0.05) is 0 Å². The van der Waals surface area contributed by atoms with Gasteiger partial charge in [0.1, 0.15) is 12.1 Å². The van der Waals surface area contributed by atoms with E-state index < -0.39 is 17.5 Å². The van der Waals surface area contributed by atoms with E-state index in [4.69, 9.17) is 0 Å². The summed E-state index contributed by atoms with van der Waals surface area (Å²) in [4.78, 5) is 43.7. The molecule has 1 aromatic carbocycles. The number of fused-ring (bicyclic) bond motifs is 1. The van der Waals surface area contributed by atoms with E-state index in [9.17, 15) is 14.4 Å². The van der Waals surface area contributed by atoms with Gasteiger partial charge in [0.15, 0.2) is 5.13 Å². The summed E-state index contributed by atoms with van der Waals surface area (Å²) in [6.45, 7) is 8.03. The summed E-state index contributed by atoms with van der Waals surface area (Å²) in [6, 6.07) is 5.39. The molecule has 2 aliphatic rings. The zero-order valence-electron chi connectivity index (χ0n) is 17.2. The number of rotatable bonds is 3. The number of imide groups is 1. The number of hydrogen-bond donors (Lipinski definition) is 2. The monoisotopic (exact) mass is 414 g/mol. The van der Waals surface area contributed by atoms with Gasteiger partial charge in [0.05, 0.1) is 10.2 Å². The van der Waals surface area contributed by atoms with Crippen molar-refractivity contribution in [1.82, 2.24) is 15.2 Å². The third kappa shape index (κ3) is 3.73. The van der Waals surface area contributed by atoms with E-state index in [-0.39, 0.29) is 17.9 Å². The standard InChI is InChI=1S/C21H26N4O3S/c1-12-5-6-14-15(7-12)29-18(22-14)23-16(26)10-25-17(27)21(24-19(25)28)9-13(2)8-20(3,4)11-21/h5-7,13H,8-11H2,1-4H3,(H,24,28)(H,22,23,26). The molecule has 1 aliphatic heterocycles. The molecular weight excluding hydrogens is 388 g/mol. The summed E-state index contributed by atoms with van der Waals surface area (Å²) >= 11 is 1.37. The van der Waals surface area contributed by atoms with Crippen LogP contribution in [0.1, 0.15) is 45.6 Å². The summed E-state index contributed by atoms with van der Waals surface area (Å²) < 4.78 is 0.979. The molecule has 2 heterocycles. The summed E-state index contributed by atoms with van der Waals surface area (Å²) in [6.07, 6.45) is 2.20. The number of nitrogens with zero attached hydrogens (tertiary/aromatic N) is 2. The van der Waals surface area contributed by atoms with E-state index >= 15 is 0 Å². The lowest BCUT2D eigenvalue weighted by Crippen LogP contribution is -2.54. The number of anilines is 1. The second-order valence-electron chi connectivity index (χ2n) is 9.30. The molecule has 2 unspecified atom stereocenters. The molecule has 0 bridgehead atoms. The molecule has 1 aromatic heterocycles. The molecule has 2 aromatic rings. The minimum Gasteiger partial charge on any atom is -0.323 e. The van der Waals surface area contributed by atoms with Gasteiger partial charge in [-0.15, -0.1) is 0 Å². The average molecular weight is 415 g/mol. The summed E-state index contributed by atoms with van der Waals surface area (Å²) in [5.74, 6) is -0.398. The van der Waals surface area contributed by atoms with Crippen LogP contribution < -0.4 is 10.6 Å². The first-order chi connectivity index (χ1) is 13.6. The smallest absolute Gasteiger partial charge is 0.323 e. The van der Waals surface area contributed by atoms with Gasteiger partial charge < -0.3 is 10.6 Å². The van der Waals surface area contributed by atoms with Crippen molar-refractivity contribution in [2.45, 2.75) is 52.5 Å². The molecule has 1 saturated heterocycles. The molecule has 7 nitrogen and oxygen atoms in total. The van der Waals surface area contributed by atoms with Crippen molar-refractivity contribution in [3.8, 4) is 0 Å². The zero-order chi connectivity index (χ0) is 21.0. The van der Waals surface area contributed by atoms with Crippen molar-refractivity contribution < 1.29 is 14.4 Å². The predicted octanol–water partition coefficient (Wildman–Crippen LogP) is 3.68. The fraction of sp³-hybridized carbons (Fsp3) is 0.524. The number of benzene rings is 1. The van der Waals surface area contributed by atoms with E-state index in [0.29, 0.717) is 23.9 Å². The number of hydrogen-bond acceptors (Lipinski definition) is 5. The number of carbonyl (C=O) groups excluding carboxylic acids is 3. The van der Waals surface area contributed by atoms with Crippen molar-refractivity contribution in [3.63, 3.8) is 0 Å². The topological polar surface area (TPSA) is 91.4 Å². The van der Waals surface area contributed by atoms with Crippen molar-refractivity contribution in [3.05, 3.63) is 23.8 Å². The Morgan fingerprint density at radius 1 is 1.34 bits per heavy atom. The molecule has 4 rings (SSSR count). The molecule has 154 valence electrons. The Balaban J connectivity index is 1.47. The molecular formula is C21H26N4O3S. The molecule has 0 radical (unpaired) electrons. The van der Waals surface area contributed by atoms with Crippen molar-refractivity contribution in [1.29, 1.82) is 0 Å². The van der Waals surface area contributed by atoms with Crippen molar-refractivity contribution >= 4 is 44.5 Å². The summed E-state index contributed by atoms with van der Waals surface area (Å²) in [5.41, 5.74) is 0.987. The van der Waals surface area contributed by atoms with Crippen LogP contribution in [-0.4, -0.2) is 39.8 Å². The van der Waals surface area contributed by atoms with Crippen LogP contribution in [0.25, 0.3) is 10.2 Å².